The molecule has 0 aliphatic carbocycles. The van der Waals surface area contributed by atoms with E-state index in [-0.39, 0.29) is 39.5 Å². The van der Waals surface area contributed by atoms with Gasteiger partial charge in [-0.1, -0.05) is 52.6 Å². The Bertz CT molecular complexity index is 5400. The average molecular weight is 1460 g/mol. The van der Waals surface area contributed by atoms with Gasteiger partial charge in [0, 0.05) is 99.3 Å². The van der Waals surface area contributed by atoms with Gasteiger partial charge in [0.25, 0.3) is 23.6 Å². The van der Waals surface area contributed by atoms with Gasteiger partial charge in [0.2, 0.25) is 0 Å². The van der Waals surface area contributed by atoms with E-state index in [1.54, 1.807) is 62.2 Å². The summed E-state index contributed by atoms with van der Waals surface area (Å²) in [5, 5.41) is 29.1. The van der Waals surface area contributed by atoms with Crippen LogP contribution in [0.4, 0.5) is 26.3 Å². The second kappa shape index (κ2) is 32.4. The summed E-state index contributed by atoms with van der Waals surface area (Å²) in [5.41, 5.74) is 31.3. The Morgan fingerprint density at radius 1 is 0.462 bits per heavy atom. The molecule has 4 amide bonds. The number of amides is 4. The van der Waals surface area contributed by atoms with Crippen LogP contribution in [-0.4, -0.2) is 97.6 Å². The Hall–Kier alpha value is -14.0. The number of carbonyl (C=O) groups excluding carboxylic acids is 4. The van der Waals surface area contributed by atoms with E-state index in [1.165, 1.54) is 98.8 Å². The smallest absolute Gasteiger partial charge is 0.416 e. The van der Waals surface area contributed by atoms with Crippen LogP contribution in [0.3, 0.4) is 0 Å². The number of thiazole rings is 1. The van der Waals surface area contributed by atoms with Gasteiger partial charge in [0.1, 0.15) is 36.4 Å². The van der Waals surface area contributed by atoms with Crippen molar-refractivity contribution >= 4 is 93.0 Å². The van der Waals surface area contributed by atoms with E-state index in [9.17, 15) is 45.5 Å². The maximum Gasteiger partial charge on any atom is 0.416 e. The number of pyridine rings is 2. The first-order valence-electron chi connectivity index (χ1n) is 31.3. The van der Waals surface area contributed by atoms with Gasteiger partial charge in [-0.25, -0.2) is 43.6 Å². The van der Waals surface area contributed by atoms with Crippen LogP contribution in [0.5, 0.6) is 0 Å². The van der Waals surface area contributed by atoms with Gasteiger partial charge in [-0.15, -0.1) is 31.7 Å². The predicted molar refractivity (Wildman–Crippen MR) is 385 cm³/mol. The number of hydrogen-bond acceptors (Lipinski definition) is 18. The molecular formula is C74H60F6N20O5S. The van der Waals surface area contributed by atoms with Crippen molar-refractivity contribution in [2.75, 3.05) is 0 Å². The second-order valence-corrected chi connectivity index (χ2v) is 24.5. The SMILES string of the molecule is Cc1cc(-c2ncn(/C=C(/C(N)=O)c3ccoc3)n2)cc(C(F)(F)F)c1.Cc1cc(-c2ncn(/C=C(/C(N)=O)c3nccs3)n2)cc(C(F)(F)F)c1.Cc1cc(C)cc(-c2ncn(/C=C(/C(N)=O)c3cnc4ccccc4c3)n2)c1.Cc1cc(C)cc(-c2ncn(/C=C(/C(N)=O)c3cncc(C#N)c3)n2)c1. The summed E-state index contributed by atoms with van der Waals surface area (Å²) in [6.45, 7) is 11.2. The number of rotatable bonds is 16. The molecule has 8 aromatic heterocycles. The number of furan rings is 1. The molecular weight excluding hydrogens is 1400 g/mol. The fourth-order valence-corrected chi connectivity index (χ4v) is 11.1. The summed E-state index contributed by atoms with van der Waals surface area (Å²) in [6.07, 6.45) is 11.1. The maximum atomic E-state index is 13.0. The van der Waals surface area contributed by atoms with Crippen molar-refractivity contribution in [3.63, 3.8) is 0 Å². The van der Waals surface area contributed by atoms with Crippen LogP contribution in [0.15, 0.2) is 188 Å². The zero-order chi connectivity index (χ0) is 76.1. The number of carbonyl (C=O) groups is 4. The molecule has 0 spiro atoms. The predicted octanol–water partition coefficient (Wildman–Crippen LogP) is 12.5. The first-order valence-corrected chi connectivity index (χ1v) is 32.2. The first-order chi connectivity index (χ1) is 50.4. The molecule has 0 aliphatic rings. The zero-order valence-electron chi connectivity index (χ0n) is 56.8. The molecule has 13 aromatic rings. The van der Waals surface area contributed by atoms with Crippen molar-refractivity contribution in [2.45, 2.75) is 53.9 Å². The minimum Gasteiger partial charge on any atom is -0.472 e. The molecule has 0 bridgehead atoms. The Kier molecular flexibility index (Phi) is 22.8. The molecule has 32 heteroatoms. The van der Waals surface area contributed by atoms with E-state index < -0.39 is 47.1 Å². The van der Waals surface area contributed by atoms with Crippen molar-refractivity contribution in [2.24, 2.45) is 22.9 Å². The molecule has 0 aliphatic heterocycles. The molecule has 25 nitrogen and oxygen atoms in total. The number of nitrogens with zero attached hydrogens (tertiary/aromatic N) is 16. The molecule has 8 N–H and O–H groups in total. The third-order valence-electron chi connectivity index (χ3n) is 15.0. The van der Waals surface area contributed by atoms with Gasteiger partial charge in [0.15, 0.2) is 23.3 Å². The standard InChI is InChI=1S/C22H19N5O.C19H16N6O.C17H13F3N4O2.C16H12F3N5OS/c1-14-7-15(2)9-17(8-14)22-25-13-27(26-22)12-19(21(23)28)18-10-16-5-3-4-6-20(16)24-11-18;1-12-3-13(2)5-15(4-12)19-23-11-25(24-19)10-17(18(21)26)16-6-14(7-20)8-22-9-16;1-10-4-12(6-13(5-10)17(18,19)20)16-22-9-24(23-16)7-14(15(21)25)11-2-3-26-8-11;1-9-4-10(6-11(5-9)16(17,18)19)14-22-8-24(23-14)7-12(13(20)25)15-21-2-3-26-15/h3-13H,1-2H3,(H2,23,28);3-6,8-11H,1-2H3,(H2,21,26);2-9H,1H3,(H2,21,25);2-8H,1H3,(H2,20,25)/b19-12+;17-10+;14-7+;12-7-. The largest absolute Gasteiger partial charge is 0.472 e. The summed E-state index contributed by atoms with van der Waals surface area (Å²) in [7, 11) is 0. The number of para-hydroxylation sites is 1. The van der Waals surface area contributed by atoms with E-state index in [2.05, 4.69) is 67.4 Å². The Balaban J connectivity index is 0.000000151. The Morgan fingerprint density at radius 2 is 0.858 bits per heavy atom. The molecule has 5 aromatic carbocycles. The lowest BCUT2D eigenvalue weighted by molar-refractivity contribution is -0.138. The van der Waals surface area contributed by atoms with Gasteiger partial charge in [-0.2, -0.15) is 31.6 Å². The van der Waals surface area contributed by atoms with E-state index in [4.69, 9.17) is 32.6 Å². The molecule has 0 fully saturated rings. The maximum absolute atomic E-state index is 13.0. The van der Waals surface area contributed by atoms with Gasteiger partial charge < -0.3 is 27.4 Å². The van der Waals surface area contributed by atoms with Crippen molar-refractivity contribution in [1.29, 1.82) is 5.26 Å². The highest BCUT2D eigenvalue weighted by Gasteiger charge is 2.33. The topological polar surface area (TPSA) is 371 Å². The fraction of sp³-hybridized carbons (Fsp3) is 0.108. The van der Waals surface area contributed by atoms with E-state index in [1.807, 2.05) is 88.4 Å². The van der Waals surface area contributed by atoms with E-state index >= 15 is 0 Å². The van der Waals surface area contributed by atoms with Crippen LogP contribution >= 0.6 is 11.3 Å². The van der Waals surface area contributed by atoms with Crippen LogP contribution in [-0.2, 0) is 31.5 Å². The monoisotopic (exact) mass is 1450 g/mol. The van der Waals surface area contributed by atoms with Crippen molar-refractivity contribution in [3.05, 3.63) is 255 Å². The minimum atomic E-state index is -4.47. The zero-order valence-corrected chi connectivity index (χ0v) is 57.6. The van der Waals surface area contributed by atoms with Crippen LogP contribution in [0.2, 0.25) is 0 Å². The normalized spacial score (nSPS) is 11.9. The third kappa shape index (κ3) is 19.4. The van der Waals surface area contributed by atoms with Gasteiger partial charge in [-0.05, 0) is 138 Å². The highest BCUT2D eigenvalue weighted by atomic mass is 32.1. The number of alkyl halides is 6. The van der Waals surface area contributed by atoms with Crippen molar-refractivity contribution in [1.82, 2.24) is 74.0 Å². The molecule has 8 heterocycles. The number of halogens is 6. The summed E-state index contributed by atoms with van der Waals surface area (Å²) < 4.78 is 88.1. The number of benzene rings is 5. The van der Waals surface area contributed by atoms with Gasteiger partial charge in [0.05, 0.1) is 57.0 Å². The van der Waals surface area contributed by atoms with E-state index in [0.717, 1.165) is 68.5 Å². The summed E-state index contributed by atoms with van der Waals surface area (Å²) in [4.78, 5) is 76.2. The first kappa shape index (κ1) is 74.7. The lowest BCUT2D eigenvalue weighted by Crippen LogP contribution is -2.14. The summed E-state index contributed by atoms with van der Waals surface area (Å²) >= 11 is 1.22. The van der Waals surface area contributed by atoms with E-state index in [0.29, 0.717) is 55.6 Å². The number of nitrogens with two attached hydrogens (primary N) is 4. The second-order valence-electron chi connectivity index (χ2n) is 23.6. The minimum absolute atomic E-state index is 0.0893. The molecule has 106 heavy (non-hydrogen) atoms. The molecule has 0 unspecified atom stereocenters. The number of primary amides is 4. The fourth-order valence-electron chi connectivity index (χ4n) is 10.5. The van der Waals surface area contributed by atoms with Crippen molar-refractivity contribution < 1.29 is 49.9 Å². The highest BCUT2D eigenvalue weighted by Crippen LogP contribution is 2.35. The molecule has 0 atom stereocenters. The highest BCUT2D eigenvalue weighted by molar-refractivity contribution is 7.11. The molecule has 0 radical (unpaired) electrons. The summed E-state index contributed by atoms with van der Waals surface area (Å²) in [6, 6.07) is 34.0. The average Bonchev–Trinajstić information content (AvgIpc) is 1.58. The number of aromatic nitrogens is 15. The summed E-state index contributed by atoms with van der Waals surface area (Å²) in [5.74, 6) is -1.30. The van der Waals surface area contributed by atoms with Gasteiger partial charge in [-0.3, -0.25) is 29.1 Å². The van der Waals surface area contributed by atoms with Crippen LogP contribution < -0.4 is 22.9 Å². The number of aryl methyl sites for hydroxylation is 6. The molecule has 534 valence electrons. The van der Waals surface area contributed by atoms with Crippen molar-refractivity contribution in [3.8, 4) is 51.6 Å². The quantitative estimate of drug-likeness (QED) is 0.0515. The number of hydrogen-bond donors (Lipinski definition) is 4. The lowest BCUT2D eigenvalue weighted by atomic mass is 10.1. The Morgan fingerprint density at radius 3 is 1.25 bits per heavy atom. The molecule has 0 saturated carbocycles. The van der Waals surface area contributed by atoms with Crippen LogP contribution in [0.25, 0.3) is 104 Å². The molecule has 13 rings (SSSR count). The number of nitriles is 1. The van der Waals surface area contributed by atoms with Crippen LogP contribution in [0.1, 0.15) is 71.8 Å². The lowest BCUT2D eigenvalue weighted by Gasteiger charge is -2.09. The number of fused-ring (bicyclic) bond motifs is 1. The van der Waals surface area contributed by atoms with Crippen LogP contribution in [0, 0.1) is 52.9 Å². The third-order valence-corrected chi connectivity index (χ3v) is 15.8. The Labute approximate surface area is 602 Å². The molecule has 0 saturated heterocycles. The van der Waals surface area contributed by atoms with Gasteiger partial charge >= 0.3 is 12.4 Å².